The molecule has 0 bridgehead atoms. The lowest BCUT2D eigenvalue weighted by Gasteiger charge is -2.20. The Bertz CT molecular complexity index is 509. The molecule has 2 amide bonds. The maximum absolute atomic E-state index is 12.4. The molecule has 4 heteroatoms. The molecular weight excluding hydrogens is 354 g/mol. The third kappa shape index (κ3) is 4.66. The lowest BCUT2D eigenvalue weighted by Crippen LogP contribution is -2.36. The van der Waals surface area contributed by atoms with Gasteiger partial charge >= 0.3 is 0 Å². The predicted octanol–water partition coefficient (Wildman–Crippen LogP) is 5.53. The average Bonchev–Trinajstić information content (AvgIpc) is 2.82. The standard InChI is InChI=1S/C19H26BrNO2/c1-2-3-4-5-6-7-8-9-14-17(20)21-18(22)15-12-10-11-13-16(15)19(21)23/h10-13,17H,2-9,14H2,1H3. The minimum Gasteiger partial charge on any atom is -0.269 e. The monoisotopic (exact) mass is 379 g/mol. The van der Waals surface area contributed by atoms with Crippen molar-refractivity contribution in [2.45, 2.75) is 69.7 Å². The topological polar surface area (TPSA) is 37.4 Å². The summed E-state index contributed by atoms with van der Waals surface area (Å²) in [5.41, 5.74) is 1.05. The Hall–Kier alpha value is -1.16. The van der Waals surface area contributed by atoms with E-state index >= 15 is 0 Å². The molecule has 1 aliphatic heterocycles. The molecule has 0 fully saturated rings. The van der Waals surface area contributed by atoms with E-state index in [0.29, 0.717) is 11.1 Å². The highest BCUT2D eigenvalue weighted by Gasteiger charge is 2.38. The van der Waals surface area contributed by atoms with Crippen LogP contribution in [0.3, 0.4) is 0 Å². The van der Waals surface area contributed by atoms with Crippen molar-refractivity contribution in [3.05, 3.63) is 35.4 Å². The summed E-state index contributed by atoms with van der Waals surface area (Å²) >= 11 is 3.53. The summed E-state index contributed by atoms with van der Waals surface area (Å²) in [5, 5.41) is 0. The van der Waals surface area contributed by atoms with Gasteiger partial charge in [0.25, 0.3) is 11.8 Å². The van der Waals surface area contributed by atoms with E-state index in [4.69, 9.17) is 0 Å². The van der Waals surface area contributed by atoms with Gasteiger partial charge in [0.05, 0.1) is 16.1 Å². The summed E-state index contributed by atoms with van der Waals surface area (Å²) in [5.74, 6) is -0.348. The number of carbonyl (C=O) groups is 2. The number of fused-ring (bicyclic) bond motifs is 1. The van der Waals surface area contributed by atoms with Crippen molar-refractivity contribution in [3.8, 4) is 0 Å². The van der Waals surface area contributed by atoms with Gasteiger partial charge in [-0.1, -0.05) is 86.4 Å². The van der Waals surface area contributed by atoms with E-state index in [1.807, 2.05) is 0 Å². The zero-order chi connectivity index (χ0) is 16.7. The molecule has 1 atom stereocenters. The highest BCUT2D eigenvalue weighted by atomic mass is 79.9. The fourth-order valence-electron chi connectivity index (χ4n) is 3.04. The molecule has 0 aliphatic carbocycles. The smallest absolute Gasteiger partial charge is 0.262 e. The summed E-state index contributed by atoms with van der Waals surface area (Å²) in [6, 6.07) is 7.06. The van der Waals surface area contributed by atoms with Crippen molar-refractivity contribution >= 4 is 27.7 Å². The van der Waals surface area contributed by atoms with Crippen LogP contribution in [0.25, 0.3) is 0 Å². The largest absolute Gasteiger partial charge is 0.269 e. The Balaban J connectivity index is 1.72. The Morgan fingerprint density at radius 2 is 1.35 bits per heavy atom. The van der Waals surface area contributed by atoms with Crippen LogP contribution in [0.1, 0.15) is 85.4 Å². The molecule has 0 aromatic heterocycles. The van der Waals surface area contributed by atoms with Crippen LogP contribution in [0, 0.1) is 0 Å². The van der Waals surface area contributed by atoms with Crippen LogP contribution in [-0.4, -0.2) is 21.7 Å². The number of benzene rings is 1. The van der Waals surface area contributed by atoms with Gasteiger partial charge in [-0.15, -0.1) is 0 Å². The van der Waals surface area contributed by atoms with E-state index in [1.54, 1.807) is 24.3 Å². The second-order valence-electron chi connectivity index (χ2n) is 6.22. The van der Waals surface area contributed by atoms with Crippen molar-refractivity contribution in [2.24, 2.45) is 0 Å². The van der Waals surface area contributed by atoms with E-state index < -0.39 is 0 Å². The van der Waals surface area contributed by atoms with Gasteiger partial charge in [-0.25, -0.2) is 0 Å². The molecule has 1 unspecified atom stereocenters. The highest BCUT2D eigenvalue weighted by Crippen LogP contribution is 2.28. The van der Waals surface area contributed by atoms with Gasteiger partial charge in [0.15, 0.2) is 0 Å². The summed E-state index contributed by atoms with van der Waals surface area (Å²) < 4.78 is 0. The van der Waals surface area contributed by atoms with Crippen LogP contribution in [0.15, 0.2) is 24.3 Å². The van der Waals surface area contributed by atoms with E-state index in [0.717, 1.165) is 19.3 Å². The van der Waals surface area contributed by atoms with Crippen molar-refractivity contribution < 1.29 is 9.59 Å². The van der Waals surface area contributed by atoms with Gasteiger partial charge in [-0.05, 0) is 18.6 Å². The fraction of sp³-hybridized carbons (Fsp3) is 0.579. The van der Waals surface area contributed by atoms with Crippen LogP contribution < -0.4 is 0 Å². The van der Waals surface area contributed by atoms with Crippen molar-refractivity contribution in [1.29, 1.82) is 0 Å². The van der Waals surface area contributed by atoms with Gasteiger partial charge in [0, 0.05) is 0 Å². The second kappa shape index (κ2) is 9.21. The number of amides is 2. The number of hydrogen-bond donors (Lipinski definition) is 0. The highest BCUT2D eigenvalue weighted by molar-refractivity contribution is 9.09. The molecule has 1 heterocycles. The minimum atomic E-state index is -0.199. The number of unbranched alkanes of at least 4 members (excludes halogenated alkanes) is 7. The summed E-state index contributed by atoms with van der Waals surface area (Å²) in [6.07, 6.45) is 10.8. The first-order valence-electron chi connectivity index (χ1n) is 8.77. The number of carbonyl (C=O) groups excluding carboxylic acids is 2. The molecule has 1 aromatic rings. The zero-order valence-corrected chi connectivity index (χ0v) is 15.5. The Morgan fingerprint density at radius 3 is 1.87 bits per heavy atom. The number of imide groups is 1. The molecule has 0 N–H and O–H groups in total. The minimum absolute atomic E-state index is 0.174. The van der Waals surface area contributed by atoms with E-state index in [-0.39, 0.29) is 16.8 Å². The van der Waals surface area contributed by atoms with Crippen LogP contribution in [-0.2, 0) is 0 Å². The van der Waals surface area contributed by atoms with Crippen LogP contribution in [0.4, 0.5) is 0 Å². The first kappa shape index (κ1) is 18.2. The molecule has 2 rings (SSSR count). The van der Waals surface area contributed by atoms with Crippen LogP contribution in [0.2, 0.25) is 0 Å². The number of nitrogens with zero attached hydrogens (tertiary/aromatic N) is 1. The van der Waals surface area contributed by atoms with Crippen molar-refractivity contribution in [3.63, 3.8) is 0 Å². The molecule has 0 saturated heterocycles. The lowest BCUT2D eigenvalue weighted by atomic mass is 10.1. The fourth-order valence-corrected chi connectivity index (χ4v) is 3.73. The van der Waals surface area contributed by atoms with Gasteiger partial charge in [0.1, 0.15) is 0 Å². The molecule has 126 valence electrons. The SMILES string of the molecule is CCCCCCCCCCC(Br)N1C(=O)c2ccccc2C1=O. The molecule has 0 radical (unpaired) electrons. The Labute approximate surface area is 147 Å². The van der Waals surface area contributed by atoms with Crippen LogP contribution in [0.5, 0.6) is 0 Å². The third-order valence-corrected chi connectivity index (χ3v) is 5.27. The molecule has 3 nitrogen and oxygen atoms in total. The lowest BCUT2D eigenvalue weighted by molar-refractivity contribution is 0.0635. The number of alkyl halides is 1. The third-order valence-electron chi connectivity index (χ3n) is 4.40. The maximum Gasteiger partial charge on any atom is 0.262 e. The molecule has 23 heavy (non-hydrogen) atoms. The van der Waals surface area contributed by atoms with Crippen molar-refractivity contribution in [2.75, 3.05) is 0 Å². The Morgan fingerprint density at radius 1 is 0.870 bits per heavy atom. The van der Waals surface area contributed by atoms with Gasteiger partial charge in [-0.2, -0.15) is 0 Å². The molecule has 0 saturated carbocycles. The molecule has 1 aromatic carbocycles. The number of hydrogen-bond acceptors (Lipinski definition) is 2. The van der Waals surface area contributed by atoms with Gasteiger partial charge in [-0.3, -0.25) is 14.5 Å². The van der Waals surface area contributed by atoms with Gasteiger partial charge < -0.3 is 0 Å². The normalized spacial score (nSPS) is 15.1. The number of rotatable bonds is 10. The molecule has 1 aliphatic rings. The summed E-state index contributed by atoms with van der Waals surface area (Å²) in [4.78, 5) is 25.9. The number of halogens is 1. The maximum atomic E-state index is 12.4. The molecule has 0 spiro atoms. The van der Waals surface area contributed by atoms with E-state index in [9.17, 15) is 9.59 Å². The second-order valence-corrected chi connectivity index (χ2v) is 7.28. The zero-order valence-electron chi connectivity index (χ0n) is 13.9. The molecular formula is C19H26BrNO2. The van der Waals surface area contributed by atoms with E-state index in [1.165, 1.54) is 43.4 Å². The van der Waals surface area contributed by atoms with Crippen molar-refractivity contribution in [1.82, 2.24) is 4.90 Å². The van der Waals surface area contributed by atoms with Gasteiger partial charge in [0.2, 0.25) is 0 Å². The predicted molar refractivity (Wildman–Crippen MR) is 96.9 cm³/mol. The van der Waals surface area contributed by atoms with Crippen LogP contribution >= 0.6 is 15.9 Å². The van der Waals surface area contributed by atoms with E-state index in [2.05, 4.69) is 22.9 Å². The first-order chi connectivity index (χ1) is 11.2. The summed E-state index contributed by atoms with van der Waals surface area (Å²) in [7, 11) is 0. The first-order valence-corrected chi connectivity index (χ1v) is 9.69. The Kier molecular flexibility index (Phi) is 7.28. The quantitative estimate of drug-likeness (QED) is 0.231. The summed E-state index contributed by atoms with van der Waals surface area (Å²) in [6.45, 7) is 2.23. The average molecular weight is 380 g/mol.